The number of quaternary nitrogens is 1. The molecular weight excluding hydrogens is 276 g/mol. The van der Waals surface area contributed by atoms with E-state index in [0.29, 0.717) is 16.9 Å². The van der Waals surface area contributed by atoms with Crippen molar-refractivity contribution in [3.8, 4) is 0 Å². The zero-order valence-electron chi connectivity index (χ0n) is 12.4. The maximum Gasteiger partial charge on any atom is 0.277 e. The van der Waals surface area contributed by atoms with Crippen molar-refractivity contribution in [3.63, 3.8) is 0 Å². The van der Waals surface area contributed by atoms with Gasteiger partial charge in [-0.3, -0.25) is 4.79 Å². The van der Waals surface area contributed by atoms with Gasteiger partial charge in [-0.15, -0.1) is 10.2 Å². The van der Waals surface area contributed by atoms with E-state index in [0.717, 1.165) is 45.3 Å². The Bertz CT molecular complexity index is 393. The minimum atomic E-state index is 0.107. The fourth-order valence-electron chi connectivity index (χ4n) is 1.82. The number of thioether (sulfide) groups is 1. The van der Waals surface area contributed by atoms with Crippen molar-refractivity contribution >= 4 is 17.7 Å². The van der Waals surface area contributed by atoms with Gasteiger partial charge >= 0.3 is 0 Å². The monoisotopic (exact) mass is 301 g/mol. The van der Waals surface area contributed by atoms with E-state index in [1.165, 1.54) is 11.8 Å². The molecule has 0 atom stereocenters. The van der Waals surface area contributed by atoms with E-state index in [1.807, 2.05) is 13.8 Å². The van der Waals surface area contributed by atoms with Crippen molar-refractivity contribution in [2.24, 2.45) is 0 Å². The van der Waals surface area contributed by atoms with E-state index in [-0.39, 0.29) is 5.91 Å². The standard InChI is InChI=1S/C13H24N4O2S/c1-3-17(4-2)12(18)10-20-13-16-15-11(19-13)8-6-5-7-9-14/h3-10,14H2,1-2H3/p+1. The van der Waals surface area contributed by atoms with Crippen LogP contribution in [0.4, 0.5) is 0 Å². The predicted molar refractivity (Wildman–Crippen MR) is 78.3 cm³/mol. The summed E-state index contributed by atoms with van der Waals surface area (Å²) in [6.45, 7) is 6.39. The molecule has 0 spiro atoms. The Morgan fingerprint density at radius 2 is 2.00 bits per heavy atom. The first-order valence-corrected chi connectivity index (χ1v) is 8.22. The van der Waals surface area contributed by atoms with Crippen molar-refractivity contribution in [1.29, 1.82) is 0 Å². The Hall–Kier alpha value is -1.08. The minimum Gasteiger partial charge on any atom is -0.416 e. The number of carbonyl (C=O) groups excluding carboxylic acids is 1. The summed E-state index contributed by atoms with van der Waals surface area (Å²) < 4.78 is 5.52. The molecule has 0 aliphatic heterocycles. The Labute approximate surface area is 124 Å². The molecule has 1 aromatic heterocycles. The van der Waals surface area contributed by atoms with Gasteiger partial charge < -0.3 is 15.1 Å². The van der Waals surface area contributed by atoms with Crippen molar-refractivity contribution in [2.75, 3.05) is 25.4 Å². The normalized spacial score (nSPS) is 10.8. The molecule has 3 N–H and O–H groups in total. The maximum absolute atomic E-state index is 11.8. The number of hydrogen-bond acceptors (Lipinski definition) is 5. The predicted octanol–water partition coefficient (Wildman–Crippen LogP) is 0.985. The third kappa shape index (κ3) is 5.92. The summed E-state index contributed by atoms with van der Waals surface area (Å²) in [5.41, 5.74) is 3.81. The number of aromatic nitrogens is 2. The highest BCUT2D eigenvalue weighted by atomic mass is 32.2. The second-order valence-corrected chi connectivity index (χ2v) is 5.41. The van der Waals surface area contributed by atoms with E-state index in [2.05, 4.69) is 15.9 Å². The van der Waals surface area contributed by atoms with E-state index in [4.69, 9.17) is 4.42 Å². The summed E-state index contributed by atoms with van der Waals surface area (Å²) in [7, 11) is 0. The molecule has 1 rings (SSSR count). The van der Waals surface area contributed by atoms with Crippen molar-refractivity contribution in [1.82, 2.24) is 15.1 Å². The zero-order valence-corrected chi connectivity index (χ0v) is 13.2. The van der Waals surface area contributed by atoms with Gasteiger partial charge in [0.2, 0.25) is 11.8 Å². The smallest absolute Gasteiger partial charge is 0.277 e. The van der Waals surface area contributed by atoms with Crippen LogP contribution in [0.2, 0.25) is 0 Å². The lowest BCUT2D eigenvalue weighted by Gasteiger charge is -2.17. The second kappa shape index (κ2) is 9.77. The van der Waals surface area contributed by atoms with Crippen molar-refractivity contribution in [2.45, 2.75) is 44.8 Å². The van der Waals surface area contributed by atoms with Gasteiger partial charge in [0.25, 0.3) is 5.22 Å². The largest absolute Gasteiger partial charge is 0.416 e. The molecular formula is C13H25N4O2S+. The van der Waals surface area contributed by atoms with Crippen LogP contribution in [0.5, 0.6) is 0 Å². The quantitative estimate of drug-likeness (QED) is 0.514. The van der Waals surface area contributed by atoms with Gasteiger partial charge in [0.1, 0.15) is 0 Å². The van der Waals surface area contributed by atoms with Crippen LogP contribution < -0.4 is 5.73 Å². The Morgan fingerprint density at radius 1 is 1.25 bits per heavy atom. The van der Waals surface area contributed by atoms with E-state index < -0.39 is 0 Å². The Balaban J connectivity index is 2.31. The van der Waals surface area contributed by atoms with Crippen LogP contribution in [0.15, 0.2) is 9.64 Å². The number of carbonyl (C=O) groups is 1. The summed E-state index contributed by atoms with van der Waals surface area (Å²) in [6, 6.07) is 0. The summed E-state index contributed by atoms with van der Waals surface area (Å²) in [4.78, 5) is 13.6. The van der Waals surface area contributed by atoms with Gasteiger partial charge in [0.15, 0.2) is 0 Å². The maximum atomic E-state index is 11.8. The number of unbranched alkanes of at least 4 members (excludes halogenated alkanes) is 2. The number of nitrogens with zero attached hydrogens (tertiary/aromatic N) is 3. The molecule has 7 heteroatoms. The van der Waals surface area contributed by atoms with Gasteiger partial charge in [0, 0.05) is 19.5 Å². The molecule has 0 fully saturated rings. The molecule has 0 aliphatic carbocycles. The van der Waals surface area contributed by atoms with Crippen molar-refractivity contribution < 1.29 is 14.9 Å². The van der Waals surface area contributed by atoms with Gasteiger partial charge in [0.05, 0.1) is 12.3 Å². The molecule has 0 aliphatic rings. The van der Waals surface area contributed by atoms with Crippen LogP contribution in [0, 0.1) is 0 Å². The lowest BCUT2D eigenvalue weighted by atomic mass is 10.2. The molecule has 0 bridgehead atoms. The van der Waals surface area contributed by atoms with Crippen LogP contribution in [-0.4, -0.2) is 46.4 Å². The second-order valence-electron chi connectivity index (χ2n) is 4.48. The minimum absolute atomic E-state index is 0.107. The molecule has 1 heterocycles. The van der Waals surface area contributed by atoms with Gasteiger partial charge in [-0.2, -0.15) is 0 Å². The van der Waals surface area contributed by atoms with E-state index in [1.54, 1.807) is 4.90 Å². The van der Waals surface area contributed by atoms with Crippen LogP contribution in [0.1, 0.15) is 39.0 Å². The zero-order chi connectivity index (χ0) is 14.8. The third-order valence-electron chi connectivity index (χ3n) is 3.02. The van der Waals surface area contributed by atoms with E-state index >= 15 is 0 Å². The first kappa shape index (κ1) is 17.0. The highest BCUT2D eigenvalue weighted by Crippen LogP contribution is 2.17. The molecule has 0 radical (unpaired) electrons. The number of amides is 1. The van der Waals surface area contributed by atoms with Crippen LogP contribution in [-0.2, 0) is 11.2 Å². The average Bonchev–Trinajstić information content (AvgIpc) is 2.91. The fourth-order valence-corrected chi connectivity index (χ4v) is 2.50. The lowest BCUT2D eigenvalue weighted by Crippen LogP contribution is -2.50. The van der Waals surface area contributed by atoms with Gasteiger partial charge in [-0.05, 0) is 33.1 Å². The molecule has 0 saturated heterocycles. The van der Waals surface area contributed by atoms with Crippen LogP contribution >= 0.6 is 11.8 Å². The summed E-state index contributed by atoms with van der Waals surface area (Å²) >= 11 is 1.31. The number of hydrogen-bond donors (Lipinski definition) is 1. The first-order valence-electron chi connectivity index (χ1n) is 7.23. The molecule has 114 valence electrons. The Kier molecular flexibility index (Phi) is 8.29. The number of aryl methyl sites for hydroxylation is 1. The van der Waals surface area contributed by atoms with Gasteiger partial charge in [-0.1, -0.05) is 11.8 Å². The molecule has 0 saturated carbocycles. The SMILES string of the molecule is CCN(CC)C(=O)CSc1nnc(CCCCC[NH3+])o1. The fraction of sp³-hybridized carbons (Fsp3) is 0.769. The van der Waals surface area contributed by atoms with Crippen LogP contribution in [0.25, 0.3) is 0 Å². The highest BCUT2D eigenvalue weighted by Gasteiger charge is 2.13. The highest BCUT2D eigenvalue weighted by molar-refractivity contribution is 7.99. The topological polar surface area (TPSA) is 86.9 Å². The molecule has 20 heavy (non-hydrogen) atoms. The van der Waals surface area contributed by atoms with E-state index in [9.17, 15) is 4.79 Å². The van der Waals surface area contributed by atoms with Crippen molar-refractivity contribution in [3.05, 3.63) is 5.89 Å². The lowest BCUT2D eigenvalue weighted by molar-refractivity contribution is -0.368. The van der Waals surface area contributed by atoms with Gasteiger partial charge in [-0.25, -0.2) is 0 Å². The van der Waals surface area contributed by atoms with Crippen LogP contribution in [0.3, 0.4) is 0 Å². The molecule has 0 aromatic carbocycles. The molecule has 0 unspecified atom stereocenters. The molecule has 6 nitrogen and oxygen atoms in total. The third-order valence-corrected chi connectivity index (χ3v) is 3.83. The first-order chi connectivity index (χ1) is 9.71. The number of rotatable bonds is 10. The summed E-state index contributed by atoms with van der Waals surface area (Å²) in [5.74, 6) is 1.12. The molecule has 1 aromatic rings. The summed E-state index contributed by atoms with van der Waals surface area (Å²) in [6.07, 6.45) is 4.11. The summed E-state index contributed by atoms with van der Waals surface area (Å²) in [5, 5.41) is 8.44. The molecule has 1 amide bonds. The average molecular weight is 301 g/mol. The Morgan fingerprint density at radius 3 is 2.65 bits per heavy atom.